The molecule has 3 aromatic rings. The van der Waals surface area contributed by atoms with Crippen molar-refractivity contribution in [3.63, 3.8) is 0 Å². The quantitative estimate of drug-likeness (QED) is 0.684. The Kier molecular flexibility index (Phi) is 4.91. The number of aromatic nitrogens is 5. The lowest BCUT2D eigenvalue weighted by atomic mass is 9.93. The third kappa shape index (κ3) is 3.40. The van der Waals surface area contributed by atoms with Crippen LogP contribution < -0.4 is 5.56 Å². The molecule has 1 saturated heterocycles. The molecule has 2 aromatic heterocycles. The fourth-order valence-corrected chi connectivity index (χ4v) is 3.64. The van der Waals surface area contributed by atoms with Gasteiger partial charge in [0.15, 0.2) is 11.5 Å². The van der Waals surface area contributed by atoms with Gasteiger partial charge in [0.1, 0.15) is 12.4 Å². The van der Waals surface area contributed by atoms with Crippen molar-refractivity contribution in [2.75, 3.05) is 13.1 Å². The second-order valence-electron chi connectivity index (χ2n) is 7.12. The molecular formula is C19H22N6O3. The number of hydrogen-bond acceptors (Lipinski definition) is 6. The van der Waals surface area contributed by atoms with Crippen molar-refractivity contribution in [2.45, 2.75) is 25.9 Å². The van der Waals surface area contributed by atoms with E-state index in [1.54, 1.807) is 17.0 Å². The summed E-state index contributed by atoms with van der Waals surface area (Å²) in [6.07, 6.45) is 2.39. The van der Waals surface area contributed by atoms with Gasteiger partial charge in [-0.05, 0) is 30.9 Å². The first-order valence-corrected chi connectivity index (χ1v) is 9.33. The lowest BCUT2D eigenvalue weighted by molar-refractivity contribution is 0.0682. The molecule has 4 rings (SSSR count). The van der Waals surface area contributed by atoms with Crippen molar-refractivity contribution in [1.82, 2.24) is 29.6 Å². The Morgan fingerprint density at radius 2 is 1.93 bits per heavy atom. The van der Waals surface area contributed by atoms with Gasteiger partial charge in [0.05, 0.1) is 11.0 Å². The highest BCUT2D eigenvalue weighted by Gasteiger charge is 2.27. The van der Waals surface area contributed by atoms with Crippen LogP contribution in [0, 0.1) is 5.92 Å². The van der Waals surface area contributed by atoms with E-state index < -0.39 is 5.56 Å². The highest BCUT2D eigenvalue weighted by Crippen LogP contribution is 2.22. The van der Waals surface area contributed by atoms with Crippen LogP contribution in [-0.2, 0) is 20.1 Å². The van der Waals surface area contributed by atoms with Gasteiger partial charge in [-0.25, -0.2) is 4.98 Å². The molecule has 3 heterocycles. The van der Waals surface area contributed by atoms with Gasteiger partial charge in [-0.2, -0.15) is 0 Å². The van der Waals surface area contributed by atoms with Crippen molar-refractivity contribution in [2.24, 2.45) is 13.0 Å². The molecule has 1 aromatic carbocycles. The Hall–Kier alpha value is -3.07. The van der Waals surface area contributed by atoms with E-state index in [0.29, 0.717) is 35.9 Å². The van der Waals surface area contributed by atoms with Crippen molar-refractivity contribution in [3.8, 4) is 0 Å². The van der Waals surface area contributed by atoms with Gasteiger partial charge in [-0.1, -0.05) is 12.1 Å². The van der Waals surface area contributed by atoms with Crippen LogP contribution >= 0.6 is 0 Å². The Morgan fingerprint density at radius 1 is 1.21 bits per heavy atom. The van der Waals surface area contributed by atoms with Crippen LogP contribution in [0.3, 0.4) is 0 Å². The molecule has 0 radical (unpaired) electrons. The van der Waals surface area contributed by atoms with E-state index in [9.17, 15) is 14.7 Å². The van der Waals surface area contributed by atoms with Crippen LogP contribution in [0.4, 0.5) is 0 Å². The number of likely N-dealkylation sites (tertiary alicyclic amines) is 1. The monoisotopic (exact) mass is 382 g/mol. The summed E-state index contributed by atoms with van der Waals surface area (Å²) in [5, 5.41) is 17.3. The van der Waals surface area contributed by atoms with Gasteiger partial charge >= 0.3 is 0 Å². The fourth-order valence-electron chi connectivity index (χ4n) is 3.64. The molecule has 0 atom stereocenters. The largest absolute Gasteiger partial charge is 0.388 e. The van der Waals surface area contributed by atoms with E-state index in [0.717, 1.165) is 25.1 Å². The average Bonchev–Trinajstić information content (AvgIpc) is 3.07. The second kappa shape index (κ2) is 7.51. The number of aliphatic hydroxyl groups excluding tert-OH is 1. The third-order valence-corrected chi connectivity index (χ3v) is 5.37. The van der Waals surface area contributed by atoms with E-state index in [-0.39, 0.29) is 18.2 Å². The van der Waals surface area contributed by atoms with Gasteiger partial charge in [-0.3, -0.25) is 9.59 Å². The van der Waals surface area contributed by atoms with Gasteiger partial charge in [0.2, 0.25) is 0 Å². The maximum atomic E-state index is 12.8. The fraction of sp³-hybridized carbons (Fsp3) is 0.421. The molecule has 9 nitrogen and oxygen atoms in total. The summed E-state index contributed by atoms with van der Waals surface area (Å²) in [6.45, 7) is 1.01. The number of aliphatic hydroxyl groups is 1. The molecule has 0 unspecified atom stereocenters. The van der Waals surface area contributed by atoms with Gasteiger partial charge in [0.25, 0.3) is 11.5 Å². The average molecular weight is 382 g/mol. The van der Waals surface area contributed by atoms with Crippen LogP contribution in [0.2, 0.25) is 0 Å². The molecule has 2 N–H and O–H groups in total. The van der Waals surface area contributed by atoms with Gasteiger partial charge in [-0.15, -0.1) is 10.2 Å². The van der Waals surface area contributed by atoms with E-state index in [1.807, 2.05) is 23.7 Å². The Morgan fingerprint density at radius 3 is 2.64 bits per heavy atom. The van der Waals surface area contributed by atoms with Crippen molar-refractivity contribution >= 4 is 16.9 Å². The zero-order valence-electron chi connectivity index (χ0n) is 15.6. The predicted octanol–water partition coefficient (Wildman–Crippen LogP) is 0.639. The van der Waals surface area contributed by atoms with Gasteiger partial charge in [0, 0.05) is 26.6 Å². The molecule has 0 aliphatic carbocycles. The number of nitrogens with zero attached hydrogens (tertiary/aromatic N) is 5. The number of para-hydroxylation sites is 2. The number of hydrogen-bond donors (Lipinski definition) is 2. The number of carbonyl (C=O) groups excluding carboxylic acids is 1. The highest BCUT2D eigenvalue weighted by molar-refractivity contribution is 5.93. The highest BCUT2D eigenvalue weighted by atomic mass is 16.3. The molecule has 1 aliphatic heterocycles. The summed E-state index contributed by atoms with van der Waals surface area (Å²) in [5.74, 6) is 1.43. The Labute approximate surface area is 161 Å². The number of fused-ring (bicyclic) bond motifs is 1. The molecule has 0 saturated carbocycles. The minimum absolute atomic E-state index is 0.0574. The maximum Gasteiger partial charge on any atom is 0.280 e. The molecular weight excluding hydrogens is 360 g/mol. The van der Waals surface area contributed by atoms with Gasteiger partial charge < -0.3 is 19.6 Å². The van der Waals surface area contributed by atoms with Crippen LogP contribution in [0.1, 0.15) is 35.0 Å². The lowest BCUT2D eigenvalue weighted by Crippen LogP contribution is -2.41. The summed E-state index contributed by atoms with van der Waals surface area (Å²) >= 11 is 0. The minimum Gasteiger partial charge on any atom is -0.388 e. The Bertz CT molecular complexity index is 1060. The number of nitrogens with one attached hydrogen (secondary N) is 1. The lowest BCUT2D eigenvalue weighted by Gasteiger charge is -2.31. The normalized spacial score (nSPS) is 15.3. The molecule has 1 fully saturated rings. The minimum atomic E-state index is -0.457. The molecule has 146 valence electrons. The van der Waals surface area contributed by atoms with E-state index in [1.165, 1.54) is 0 Å². The van der Waals surface area contributed by atoms with Crippen molar-refractivity contribution in [1.29, 1.82) is 0 Å². The van der Waals surface area contributed by atoms with Crippen LogP contribution in [-0.4, -0.2) is 53.7 Å². The molecule has 0 spiro atoms. The van der Waals surface area contributed by atoms with E-state index in [4.69, 9.17) is 0 Å². The van der Waals surface area contributed by atoms with Crippen LogP contribution in [0.15, 0.2) is 29.1 Å². The number of aromatic amines is 1. The molecule has 9 heteroatoms. The van der Waals surface area contributed by atoms with E-state index >= 15 is 0 Å². The molecule has 1 amide bonds. The number of amides is 1. The smallest absolute Gasteiger partial charge is 0.280 e. The number of carbonyl (C=O) groups is 1. The number of rotatable bonds is 4. The summed E-state index contributed by atoms with van der Waals surface area (Å²) < 4.78 is 1.82. The standard InChI is InChI=1S/C19H22N6O3/c1-24-15(22-23-16(24)11-26)10-12-6-8-25(9-7-12)19(28)17-18(27)21-14-5-3-2-4-13(14)20-17/h2-5,12,26H,6-11H2,1H3,(H,21,27). The SMILES string of the molecule is Cn1c(CO)nnc1CC1CCN(C(=O)c2nc3ccccc3[nH]c2=O)CC1. The topological polar surface area (TPSA) is 117 Å². The zero-order valence-corrected chi connectivity index (χ0v) is 15.6. The third-order valence-electron chi connectivity index (χ3n) is 5.37. The first-order valence-electron chi connectivity index (χ1n) is 9.33. The van der Waals surface area contributed by atoms with Crippen LogP contribution in [0.25, 0.3) is 11.0 Å². The number of H-pyrrole nitrogens is 1. The molecule has 1 aliphatic rings. The number of benzene rings is 1. The summed E-state index contributed by atoms with van der Waals surface area (Å²) in [7, 11) is 1.84. The zero-order chi connectivity index (χ0) is 19.7. The second-order valence-corrected chi connectivity index (χ2v) is 7.12. The van der Waals surface area contributed by atoms with E-state index in [2.05, 4.69) is 20.2 Å². The first kappa shape index (κ1) is 18.3. The molecule has 28 heavy (non-hydrogen) atoms. The van der Waals surface area contributed by atoms with Crippen molar-refractivity contribution in [3.05, 3.63) is 52.0 Å². The summed E-state index contributed by atoms with van der Waals surface area (Å²) in [6, 6.07) is 7.17. The summed E-state index contributed by atoms with van der Waals surface area (Å²) in [5.41, 5.74) is 0.704. The predicted molar refractivity (Wildman–Crippen MR) is 102 cm³/mol. The Balaban J connectivity index is 1.43. The van der Waals surface area contributed by atoms with Crippen molar-refractivity contribution < 1.29 is 9.90 Å². The first-order chi connectivity index (χ1) is 13.6. The number of piperidine rings is 1. The van der Waals surface area contributed by atoms with Crippen LogP contribution in [0.5, 0.6) is 0 Å². The molecule has 0 bridgehead atoms. The summed E-state index contributed by atoms with van der Waals surface area (Å²) in [4.78, 5) is 33.8. The maximum absolute atomic E-state index is 12.8.